The monoisotopic (exact) mass is 196 g/mol. The van der Waals surface area contributed by atoms with Gasteiger partial charge in [0.15, 0.2) is 0 Å². The highest BCUT2D eigenvalue weighted by Gasteiger charge is 2.37. The SMILES string of the molecule is CCC(CC)=C1C(=O)N(C)N(C)C1=O. The van der Waals surface area contributed by atoms with E-state index in [1.54, 1.807) is 14.1 Å². The molecule has 0 saturated carbocycles. The Kier molecular flexibility index (Phi) is 2.93. The van der Waals surface area contributed by atoms with Gasteiger partial charge in [-0.2, -0.15) is 0 Å². The van der Waals surface area contributed by atoms with Crippen molar-refractivity contribution in [3.05, 3.63) is 11.1 Å². The van der Waals surface area contributed by atoms with Gasteiger partial charge >= 0.3 is 0 Å². The molecule has 4 heteroatoms. The molecule has 0 spiro atoms. The first-order chi connectivity index (χ1) is 6.54. The fourth-order valence-corrected chi connectivity index (χ4v) is 1.59. The predicted octanol–water partition coefficient (Wildman–Crippen LogP) is 0.948. The van der Waals surface area contributed by atoms with E-state index >= 15 is 0 Å². The highest BCUT2D eigenvalue weighted by molar-refractivity contribution is 6.22. The lowest BCUT2D eigenvalue weighted by atomic mass is 10.0. The first-order valence-electron chi connectivity index (χ1n) is 4.82. The number of carbonyl (C=O) groups excluding carboxylic acids is 2. The molecule has 1 aliphatic rings. The minimum absolute atomic E-state index is 0.184. The second-order valence-corrected chi connectivity index (χ2v) is 3.34. The van der Waals surface area contributed by atoms with Gasteiger partial charge in [0.1, 0.15) is 5.57 Å². The van der Waals surface area contributed by atoms with Gasteiger partial charge in [-0.15, -0.1) is 0 Å². The van der Waals surface area contributed by atoms with E-state index in [1.807, 2.05) is 13.8 Å². The molecule has 78 valence electrons. The van der Waals surface area contributed by atoms with Crippen molar-refractivity contribution < 1.29 is 9.59 Å². The largest absolute Gasteiger partial charge is 0.277 e. The van der Waals surface area contributed by atoms with E-state index in [2.05, 4.69) is 0 Å². The molecule has 1 fully saturated rings. The summed E-state index contributed by atoms with van der Waals surface area (Å²) in [6, 6.07) is 0. The zero-order chi connectivity index (χ0) is 10.9. The normalized spacial score (nSPS) is 17.0. The van der Waals surface area contributed by atoms with Gasteiger partial charge in [0, 0.05) is 14.1 Å². The van der Waals surface area contributed by atoms with Crippen LogP contribution in [-0.4, -0.2) is 35.9 Å². The van der Waals surface area contributed by atoms with Crippen LogP contribution in [0.4, 0.5) is 0 Å². The van der Waals surface area contributed by atoms with Crippen LogP contribution in [0.3, 0.4) is 0 Å². The Bertz CT molecular complexity index is 279. The van der Waals surface area contributed by atoms with Crippen LogP contribution in [0.1, 0.15) is 26.7 Å². The third kappa shape index (κ3) is 1.41. The summed E-state index contributed by atoms with van der Waals surface area (Å²) in [5, 5.41) is 2.70. The molecule has 14 heavy (non-hydrogen) atoms. The quantitative estimate of drug-likeness (QED) is 0.487. The molecule has 1 rings (SSSR count). The molecule has 0 N–H and O–H groups in total. The Morgan fingerprint density at radius 2 is 1.36 bits per heavy atom. The van der Waals surface area contributed by atoms with Gasteiger partial charge in [-0.3, -0.25) is 19.6 Å². The Balaban J connectivity index is 3.18. The van der Waals surface area contributed by atoms with Crippen molar-refractivity contribution in [2.45, 2.75) is 26.7 Å². The van der Waals surface area contributed by atoms with Gasteiger partial charge in [-0.25, -0.2) is 0 Å². The highest BCUT2D eigenvalue weighted by Crippen LogP contribution is 2.22. The van der Waals surface area contributed by atoms with Crippen LogP contribution in [0.15, 0.2) is 11.1 Å². The number of rotatable bonds is 2. The standard InChI is InChI=1S/C10H16N2O2/c1-5-7(6-2)8-9(13)11(3)12(4)10(8)14/h5-6H2,1-4H3. The summed E-state index contributed by atoms with van der Waals surface area (Å²) in [4.78, 5) is 23.4. The molecule has 4 nitrogen and oxygen atoms in total. The lowest BCUT2D eigenvalue weighted by Crippen LogP contribution is -2.33. The number of hydrogen-bond acceptors (Lipinski definition) is 2. The average molecular weight is 196 g/mol. The van der Waals surface area contributed by atoms with Crippen molar-refractivity contribution >= 4 is 11.8 Å². The topological polar surface area (TPSA) is 40.6 Å². The van der Waals surface area contributed by atoms with Crippen molar-refractivity contribution in [3.63, 3.8) is 0 Å². The number of likely N-dealkylation sites (N-methyl/N-ethyl adjacent to an activating group) is 2. The van der Waals surface area contributed by atoms with Crippen molar-refractivity contribution in [1.82, 2.24) is 10.0 Å². The number of nitrogens with zero attached hydrogens (tertiary/aromatic N) is 2. The molecule has 0 unspecified atom stereocenters. The minimum atomic E-state index is -0.184. The molecule has 0 aliphatic carbocycles. The van der Waals surface area contributed by atoms with Gasteiger partial charge in [0.25, 0.3) is 11.8 Å². The minimum Gasteiger partial charge on any atom is -0.267 e. The highest BCUT2D eigenvalue weighted by atomic mass is 16.2. The summed E-state index contributed by atoms with van der Waals surface area (Å²) in [6.07, 6.45) is 1.51. The number of amides is 2. The molecular weight excluding hydrogens is 180 g/mol. The summed E-state index contributed by atoms with van der Waals surface area (Å²) in [5.41, 5.74) is 1.30. The van der Waals surface area contributed by atoms with Crippen LogP contribution in [-0.2, 0) is 9.59 Å². The van der Waals surface area contributed by atoms with Gasteiger partial charge in [0.2, 0.25) is 0 Å². The van der Waals surface area contributed by atoms with E-state index < -0.39 is 0 Å². The van der Waals surface area contributed by atoms with E-state index in [4.69, 9.17) is 0 Å². The second-order valence-electron chi connectivity index (χ2n) is 3.34. The van der Waals surface area contributed by atoms with E-state index in [9.17, 15) is 9.59 Å². The molecule has 1 heterocycles. The molecule has 0 aromatic carbocycles. The van der Waals surface area contributed by atoms with Crippen LogP contribution >= 0.6 is 0 Å². The third-order valence-electron chi connectivity index (χ3n) is 2.67. The molecule has 0 bridgehead atoms. The number of hydrazine groups is 1. The maximum absolute atomic E-state index is 11.7. The smallest absolute Gasteiger partial charge is 0.267 e. The van der Waals surface area contributed by atoms with E-state index in [-0.39, 0.29) is 11.8 Å². The van der Waals surface area contributed by atoms with Crippen LogP contribution in [0.2, 0.25) is 0 Å². The van der Waals surface area contributed by atoms with Gasteiger partial charge < -0.3 is 0 Å². The molecule has 1 aliphatic heterocycles. The Hall–Kier alpha value is -1.32. The van der Waals surface area contributed by atoms with Crippen molar-refractivity contribution in [2.75, 3.05) is 14.1 Å². The molecule has 2 amide bonds. The zero-order valence-corrected chi connectivity index (χ0v) is 9.13. The fourth-order valence-electron chi connectivity index (χ4n) is 1.59. The molecule has 1 saturated heterocycles. The first kappa shape index (κ1) is 10.8. The maximum Gasteiger partial charge on any atom is 0.277 e. The van der Waals surface area contributed by atoms with E-state index in [0.29, 0.717) is 5.57 Å². The van der Waals surface area contributed by atoms with Gasteiger partial charge in [0.05, 0.1) is 0 Å². The summed E-state index contributed by atoms with van der Waals surface area (Å²) < 4.78 is 0. The lowest BCUT2D eigenvalue weighted by molar-refractivity contribution is -0.141. The Labute approximate surface area is 84.1 Å². The summed E-state index contributed by atoms with van der Waals surface area (Å²) >= 11 is 0. The first-order valence-corrected chi connectivity index (χ1v) is 4.82. The molecule has 0 radical (unpaired) electrons. The molecule has 0 aromatic heterocycles. The van der Waals surface area contributed by atoms with E-state index in [0.717, 1.165) is 18.4 Å². The summed E-state index contributed by atoms with van der Waals surface area (Å²) in [7, 11) is 3.21. The number of carbonyl (C=O) groups is 2. The van der Waals surface area contributed by atoms with Gasteiger partial charge in [-0.1, -0.05) is 19.4 Å². The second kappa shape index (κ2) is 3.82. The Morgan fingerprint density at radius 1 is 1.00 bits per heavy atom. The fraction of sp³-hybridized carbons (Fsp3) is 0.600. The zero-order valence-electron chi connectivity index (χ0n) is 9.13. The molecule has 0 atom stereocenters. The van der Waals surface area contributed by atoms with Gasteiger partial charge in [-0.05, 0) is 12.8 Å². The molecule has 0 aromatic rings. The maximum atomic E-state index is 11.7. The Morgan fingerprint density at radius 3 is 1.64 bits per heavy atom. The predicted molar refractivity (Wildman–Crippen MR) is 53.1 cm³/mol. The van der Waals surface area contributed by atoms with Crippen molar-refractivity contribution in [2.24, 2.45) is 0 Å². The molecular formula is C10H16N2O2. The van der Waals surface area contributed by atoms with E-state index in [1.165, 1.54) is 10.0 Å². The van der Waals surface area contributed by atoms with Crippen LogP contribution < -0.4 is 0 Å². The van der Waals surface area contributed by atoms with Crippen molar-refractivity contribution in [3.8, 4) is 0 Å². The summed E-state index contributed by atoms with van der Waals surface area (Å²) in [6.45, 7) is 3.93. The van der Waals surface area contributed by atoms with Crippen LogP contribution in [0.5, 0.6) is 0 Å². The number of hydrogen-bond donors (Lipinski definition) is 0. The average Bonchev–Trinajstić information content (AvgIpc) is 2.37. The van der Waals surface area contributed by atoms with Crippen LogP contribution in [0, 0.1) is 0 Å². The number of allylic oxidation sites excluding steroid dienone is 1. The van der Waals surface area contributed by atoms with Crippen molar-refractivity contribution in [1.29, 1.82) is 0 Å². The lowest BCUT2D eigenvalue weighted by Gasteiger charge is -2.16. The summed E-state index contributed by atoms with van der Waals surface area (Å²) in [5.74, 6) is -0.368. The van der Waals surface area contributed by atoms with Crippen LogP contribution in [0.25, 0.3) is 0 Å². The third-order valence-corrected chi connectivity index (χ3v) is 2.67.